The first-order chi connectivity index (χ1) is 13.9. The van der Waals surface area contributed by atoms with Gasteiger partial charge in [-0.2, -0.15) is 0 Å². The number of likely N-dealkylation sites (tertiary alicyclic amines) is 1. The van der Waals surface area contributed by atoms with Gasteiger partial charge < -0.3 is 24.7 Å². The van der Waals surface area contributed by atoms with Crippen molar-refractivity contribution in [1.29, 1.82) is 0 Å². The number of ketones is 1. The molecule has 1 saturated heterocycles. The van der Waals surface area contributed by atoms with E-state index in [9.17, 15) is 19.2 Å². The van der Waals surface area contributed by atoms with Gasteiger partial charge in [0.25, 0.3) is 0 Å². The van der Waals surface area contributed by atoms with Crippen LogP contribution in [0.2, 0.25) is 0 Å². The van der Waals surface area contributed by atoms with E-state index in [0.29, 0.717) is 24.2 Å². The SMILES string of the molecule is COC(=O)c1c(CC(=O)N2CCC(NC(=O)OC(C)(C)C)C2C)[nH]c(C(C)=O)c1C. The summed E-state index contributed by atoms with van der Waals surface area (Å²) in [5.74, 6) is -1.04. The normalized spacial score (nSPS) is 18.8. The average molecular weight is 421 g/mol. The summed E-state index contributed by atoms with van der Waals surface area (Å²) >= 11 is 0. The number of carbonyl (C=O) groups is 4. The van der Waals surface area contributed by atoms with Crippen LogP contribution >= 0.6 is 0 Å². The Balaban J connectivity index is 2.13. The van der Waals surface area contributed by atoms with E-state index in [1.807, 2.05) is 6.92 Å². The van der Waals surface area contributed by atoms with Crippen molar-refractivity contribution >= 4 is 23.8 Å². The van der Waals surface area contributed by atoms with Crippen LogP contribution in [0.3, 0.4) is 0 Å². The molecule has 0 aliphatic carbocycles. The highest BCUT2D eigenvalue weighted by Gasteiger charge is 2.36. The van der Waals surface area contributed by atoms with Crippen molar-refractivity contribution < 1.29 is 28.7 Å². The summed E-state index contributed by atoms with van der Waals surface area (Å²) in [6, 6.07) is -0.475. The van der Waals surface area contributed by atoms with E-state index in [-0.39, 0.29) is 41.5 Å². The second kappa shape index (κ2) is 8.89. The quantitative estimate of drug-likeness (QED) is 0.557. The summed E-state index contributed by atoms with van der Waals surface area (Å²) in [7, 11) is 1.25. The Morgan fingerprint density at radius 2 is 1.87 bits per heavy atom. The minimum Gasteiger partial charge on any atom is -0.465 e. The Bertz CT molecular complexity index is 852. The van der Waals surface area contributed by atoms with E-state index < -0.39 is 17.7 Å². The summed E-state index contributed by atoms with van der Waals surface area (Å²) in [6.45, 7) is 10.7. The lowest BCUT2D eigenvalue weighted by Gasteiger charge is -2.26. The number of methoxy groups -OCH3 is 1. The van der Waals surface area contributed by atoms with Gasteiger partial charge in [0.1, 0.15) is 5.60 Å². The van der Waals surface area contributed by atoms with Crippen molar-refractivity contribution in [3.8, 4) is 0 Å². The Morgan fingerprint density at radius 3 is 2.40 bits per heavy atom. The number of aromatic nitrogens is 1. The second-order valence-electron chi connectivity index (χ2n) is 8.57. The molecule has 2 N–H and O–H groups in total. The van der Waals surface area contributed by atoms with Crippen LogP contribution in [-0.4, -0.2) is 65.0 Å². The molecule has 30 heavy (non-hydrogen) atoms. The van der Waals surface area contributed by atoms with Crippen LogP contribution < -0.4 is 5.32 Å². The fourth-order valence-corrected chi connectivity index (χ4v) is 3.72. The number of hydrogen-bond donors (Lipinski definition) is 2. The molecule has 9 nitrogen and oxygen atoms in total. The standard InChI is InChI=1S/C21H31N3O6/c1-11-17(19(27)29-7)15(22-18(11)13(3)25)10-16(26)24-9-8-14(12(24)2)23-20(28)30-21(4,5)6/h12,14,22H,8-10H2,1-7H3,(H,23,28). The molecule has 2 atom stereocenters. The van der Waals surface area contributed by atoms with Gasteiger partial charge in [0.05, 0.1) is 30.8 Å². The van der Waals surface area contributed by atoms with Gasteiger partial charge in [-0.3, -0.25) is 9.59 Å². The van der Waals surface area contributed by atoms with Crippen LogP contribution in [0.25, 0.3) is 0 Å². The number of nitrogens with one attached hydrogen (secondary N) is 2. The molecule has 1 aliphatic heterocycles. The highest BCUT2D eigenvalue weighted by Crippen LogP contribution is 2.24. The molecule has 1 aliphatic rings. The van der Waals surface area contributed by atoms with Crippen molar-refractivity contribution in [2.45, 2.75) is 72.1 Å². The third kappa shape index (κ3) is 5.20. The first kappa shape index (κ1) is 23.4. The molecule has 2 heterocycles. The summed E-state index contributed by atoms with van der Waals surface area (Å²) < 4.78 is 10.1. The molecule has 2 unspecified atom stereocenters. The third-order valence-electron chi connectivity index (χ3n) is 5.17. The molecule has 0 saturated carbocycles. The largest absolute Gasteiger partial charge is 0.465 e. The van der Waals surface area contributed by atoms with E-state index in [0.717, 1.165) is 0 Å². The lowest BCUT2D eigenvalue weighted by molar-refractivity contribution is -0.131. The van der Waals surface area contributed by atoms with Crippen LogP contribution in [0.1, 0.15) is 73.1 Å². The van der Waals surface area contributed by atoms with Crippen molar-refractivity contribution in [2.75, 3.05) is 13.7 Å². The topological polar surface area (TPSA) is 118 Å². The molecule has 1 fully saturated rings. The summed E-state index contributed by atoms with van der Waals surface area (Å²) in [5.41, 5.74) is 0.718. The first-order valence-corrected chi connectivity index (χ1v) is 9.95. The molecule has 0 aromatic carbocycles. The number of nitrogens with zero attached hydrogens (tertiary/aromatic N) is 1. The number of rotatable bonds is 5. The van der Waals surface area contributed by atoms with E-state index in [4.69, 9.17) is 9.47 Å². The molecule has 0 radical (unpaired) electrons. The first-order valence-electron chi connectivity index (χ1n) is 9.95. The number of aromatic amines is 1. The minimum absolute atomic E-state index is 0.0813. The lowest BCUT2D eigenvalue weighted by atomic mass is 10.1. The Labute approximate surface area is 176 Å². The fourth-order valence-electron chi connectivity index (χ4n) is 3.72. The Morgan fingerprint density at radius 1 is 1.23 bits per heavy atom. The Hall–Kier alpha value is -2.84. The lowest BCUT2D eigenvalue weighted by Crippen LogP contribution is -2.46. The van der Waals surface area contributed by atoms with E-state index in [2.05, 4.69) is 10.3 Å². The number of ether oxygens (including phenoxy) is 2. The van der Waals surface area contributed by atoms with Crippen molar-refractivity contribution in [1.82, 2.24) is 15.2 Å². The second-order valence-corrected chi connectivity index (χ2v) is 8.57. The highest BCUT2D eigenvalue weighted by molar-refractivity contribution is 6.01. The number of alkyl carbamates (subject to hydrolysis) is 1. The van der Waals surface area contributed by atoms with Gasteiger partial charge in [0, 0.05) is 25.2 Å². The maximum atomic E-state index is 13.0. The number of carbonyl (C=O) groups excluding carboxylic acids is 4. The summed E-state index contributed by atoms with van der Waals surface area (Å²) in [5, 5.41) is 2.82. The molecule has 166 valence electrons. The van der Waals surface area contributed by atoms with E-state index in [1.54, 1.807) is 32.6 Å². The molecule has 9 heteroatoms. The van der Waals surface area contributed by atoms with Gasteiger partial charge in [0.15, 0.2) is 5.78 Å². The molecule has 1 aromatic heterocycles. The van der Waals surface area contributed by atoms with Gasteiger partial charge >= 0.3 is 12.1 Å². The summed E-state index contributed by atoms with van der Waals surface area (Å²) in [6.07, 6.45) is -0.00624. The van der Waals surface area contributed by atoms with Gasteiger partial charge in [-0.15, -0.1) is 0 Å². The van der Waals surface area contributed by atoms with E-state index in [1.165, 1.54) is 14.0 Å². The number of amides is 2. The number of Topliss-reactive ketones (excluding diaryl/α,β-unsaturated/α-hetero) is 1. The smallest absolute Gasteiger partial charge is 0.407 e. The average Bonchev–Trinajstić information content (AvgIpc) is 3.13. The third-order valence-corrected chi connectivity index (χ3v) is 5.17. The molecule has 2 rings (SSSR count). The zero-order chi connectivity index (χ0) is 22.8. The molecule has 1 aromatic rings. The van der Waals surface area contributed by atoms with Crippen LogP contribution in [0.4, 0.5) is 4.79 Å². The molecular weight excluding hydrogens is 390 g/mol. The van der Waals surface area contributed by atoms with Gasteiger partial charge in [0.2, 0.25) is 5.91 Å². The van der Waals surface area contributed by atoms with Crippen molar-refractivity contribution in [3.63, 3.8) is 0 Å². The van der Waals surface area contributed by atoms with Gasteiger partial charge in [-0.1, -0.05) is 0 Å². The number of hydrogen-bond acceptors (Lipinski definition) is 6. The van der Waals surface area contributed by atoms with Crippen LogP contribution in [0.5, 0.6) is 0 Å². The van der Waals surface area contributed by atoms with Crippen molar-refractivity contribution in [3.05, 3.63) is 22.5 Å². The van der Waals surface area contributed by atoms with Crippen LogP contribution in [-0.2, 0) is 20.7 Å². The van der Waals surface area contributed by atoms with Crippen molar-refractivity contribution in [2.24, 2.45) is 0 Å². The predicted octanol–water partition coefficient (Wildman–Crippen LogP) is 2.37. The number of esters is 1. The molecule has 0 spiro atoms. The Kier molecular flexibility index (Phi) is 6.95. The monoisotopic (exact) mass is 421 g/mol. The summed E-state index contributed by atoms with van der Waals surface area (Å²) in [4.78, 5) is 53.7. The molecule has 2 amide bonds. The van der Waals surface area contributed by atoms with Gasteiger partial charge in [-0.05, 0) is 46.6 Å². The maximum Gasteiger partial charge on any atom is 0.407 e. The van der Waals surface area contributed by atoms with E-state index >= 15 is 0 Å². The van der Waals surface area contributed by atoms with Gasteiger partial charge in [-0.25, -0.2) is 9.59 Å². The number of H-pyrrole nitrogens is 1. The minimum atomic E-state index is -0.606. The fraction of sp³-hybridized carbons (Fsp3) is 0.619. The van der Waals surface area contributed by atoms with Crippen LogP contribution in [0, 0.1) is 6.92 Å². The van der Waals surface area contributed by atoms with Crippen LogP contribution in [0.15, 0.2) is 0 Å². The molecule has 0 bridgehead atoms. The highest BCUT2D eigenvalue weighted by atomic mass is 16.6. The maximum absolute atomic E-state index is 13.0. The zero-order valence-electron chi connectivity index (χ0n) is 18.7. The molecular formula is C21H31N3O6. The predicted molar refractivity (Wildman–Crippen MR) is 110 cm³/mol. The zero-order valence-corrected chi connectivity index (χ0v) is 18.7.